The Bertz CT molecular complexity index is 636. The van der Waals surface area contributed by atoms with Gasteiger partial charge in [-0.25, -0.2) is 0 Å². The molecule has 110 valence electrons. The molecule has 2 N–H and O–H groups in total. The smallest absolute Gasteiger partial charge is 0.170 e. The monoisotopic (exact) mass is 285 g/mol. The number of benzene rings is 2. The van der Waals surface area contributed by atoms with E-state index in [4.69, 9.17) is 15.2 Å². The Balaban J connectivity index is 2.50. The first-order valence-corrected chi connectivity index (χ1v) is 6.56. The van der Waals surface area contributed by atoms with Crippen molar-refractivity contribution in [1.82, 2.24) is 0 Å². The third-order valence-electron chi connectivity index (χ3n) is 3.19. The predicted molar refractivity (Wildman–Crippen MR) is 84.1 cm³/mol. The van der Waals surface area contributed by atoms with Gasteiger partial charge in [0.25, 0.3) is 0 Å². The van der Waals surface area contributed by atoms with Crippen LogP contribution in [0, 0.1) is 13.8 Å². The van der Waals surface area contributed by atoms with Gasteiger partial charge in [-0.2, -0.15) is 0 Å². The highest BCUT2D eigenvalue weighted by atomic mass is 16.5. The van der Waals surface area contributed by atoms with Crippen molar-refractivity contribution in [1.29, 1.82) is 0 Å². The third-order valence-corrected chi connectivity index (χ3v) is 3.19. The summed E-state index contributed by atoms with van der Waals surface area (Å²) in [5.74, 6) is 1.06. The standard InChI is InChI=1S/C16H19N3O2/c1-10-6-5-7-11(2)15(10)18-19-16-13(20-3)8-12(17)9-14(16)21-4/h5-9H,17H2,1-4H3/b19-18+. The van der Waals surface area contributed by atoms with E-state index in [1.54, 1.807) is 26.4 Å². The highest BCUT2D eigenvalue weighted by molar-refractivity contribution is 5.68. The number of aryl methyl sites for hydroxylation is 2. The number of rotatable bonds is 4. The maximum Gasteiger partial charge on any atom is 0.170 e. The molecule has 0 saturated carbocycles. The van der Waals surface area contributed by atoms with Gasteiger partial charge in [-0.1, -0.05) is 18.2 Å². The van der Waals surface area contributed by atoms with Crippen LogP contribution in [0.4, 0.5) is 17.1 Å². The number of nitrogen functional groups attached to an aromatic ring is 1. The van der Waals surface area contributed by atoms with Gasteiger partial charge in [0, 0.05) is 17.8 Å². The van der Waals surface area contributed by atoms with Crippen molar-refractivity contribution < 1.29 is 9.47 Å². The largest absolute Gasteiger partial charge is 0.494 e. The molecule has 0 radical (unpaired) electrons. The van der Waals surface area contributed by atoms with E-state index in [-0.39, 0.29) is 0 Å². The third kappa shape index (κ3) is 3.13. The van der Waals surface area contributed by atoms with Gasteiger partial charge in [0.2, 0.25) is 0 Å². The molecule has 0 saturated heterocycles. The van der Waals surface area contributed by atoms with Crippen molar-refractivity contribution in [3.05, 3.63) is 41.5 Å². The first kappa shape index (κ1) is 14.8. The lowest BCUT2D eigenvalue weighted by molar-refractivity contribution is 0.397. The molecule has 0 spiro atoms. The molecule has 5 nitrogen and oxygen atoms in total. The van der Waals surface area contributed by atoms with E-state index < -0.39 is 0 Å². The second-order valence-corrected chi connectivity index (χ2v) is 4.71. The molecule has 0 unspecified atom stereocenters. The summed E-state index contributed by atoms with van der Waals surface area (Å²) in [7, 11) is 3.12. The molecule has 0 aromatic heterocycles. The molecule has 0 bridgehead atoms. The number of nitrogens with two attached hydrogens (primary N) is 1. The number of anilines is 1. The molecule has 0 aliphatic rings. The van der Waals surface area contributed by atoms with E-state index in [1.807, 2.05) is 32.0 Å². The van der Waals surface area contributed by atoms with Gasteiger partial charge in [-0.3, -0.25) is 0 Å². The Morgan fingerprint density at radius 1 is 0.857 bits per heavy atom. The first-order valence-electron chi connectivity index (χ1n) is 6.56. The van der Waals surface area contributed by atoms with Crippen molar-refractivity contribution in [2.75, 3.05) is 20.0 Å². The lowest BCUT2D eigenvalue weighted by Gasteiger charge is -2.10. The van der Waals surface area contributed by atoms with Crippen LogP contribution < -0.4 is 15.2 Å². The molecular weight excluding hydrogens is 266 g/mol. The van der Waals surface area contributed by atoms with Crippen LogP contribution in [0.25, 0.3) is 0 Å². The van der Waals surface area contributed by atoms with E-state index in [0.717, 1.165) is 16.8 Å². The average Bonchev–Trinajstić information content (AvgIpc) is 2.47. The van der Waals surface area contributed by atoms with Crippen LogP contribution in [0.3, 0.4) is 0 Å². The van der Waals surface area contributed by atoms with Crippen molar-refractivity contribution in [3.8, 4) is 11.5 Å². The Morgan fingerprint density at radius 2 is 1.33 bits per heavy atom. The van der Waals surface area contributed by atoms with Crippen molar-refractivity contribution in [2.45, 2.75) is 13.8 Å². The summed E-state index contributed by atoms with van der Waals surface area (Å²) < 4.78 is 10.6. The topological polar surface area (TPSA) is 69.2 Å². The average molecular weight is 285 g/mol. The maximum absolute atomic E-state index is 5.80. The van der Waals surface area contributed by atoms with E-state index in [2.05, 4.69) is 10.2 Å². The van der Waals surface area contributed by atoms with Gasteiger partial charge in [0.05, 0.1) is 19.9 Å². The summed E-state index contributed by atoms with van der Waals surface area (Å²) >= 11 is 0. The lowest BCUT2D eigenvalue weighted by Crippen LogP contribution is -1.92. The zero-order valence-electron chi connectivity index (χ0n) is 12.7. The molecule has 0 atom stereocenters. The van der Waals surface area contributed by atoms with E-state index >= 15 is 0 Å². The summed E-state index contributed by atoms with van der Waals surface area (Å²) in [6, 6.07) is 9.38. The molecule has 0 amide bonds. The Morgan fingerprint density at radius 3 is 1.81 bits per heavy atom. The summed E-state index contributed by atoms with van der Waals surface area (Å²) in [5.41, 5.74) is 9.85. The van der Waals surface area contributed by atoms with Crippen LogP contribution in [0.2, 0.25) is 0 Å². The molecule has 5 heteroatoms. The zero-order valence-corrected chi connectivity index (χ0v) is 12.7. The number of methoxy groups -OCH3 is 2. The molecule has 0 aliphatic carbocycles. The normalized spacial score (nSPS) is 10.9. The van der Waals surface area contributed by atoms with Crippen LogP contribution >= 0.6 is 0 Å². The molecule has 0 fully saturated rings. The van der Waals surface area contributed by atoms with E-state index in [9.17, 15) is 0 Å². The van der Waals surface area contributed by atoms with Crippen LogP contribution in [-0.2, 0) is 0 Å². The summed E-state index contributed by atoms with van der Waals surface area (Å²) in [5, 5.41) is 8.65. The molecule has 2 aromatic carbocycles. The van der Waals surface area contributed by atoms with Gasteiger partial charge in [-0.05, 0) is 25.0 Å². The van der Waals surface area contributed by atoms with Gasteiger partial charge < -0.3 is 15.2 Å². The SMILES string of the molecule is COc1cc(N)cc(OC)c1/N=N/c1c(C)cccc1C. The van der Waals surface area contributed by atoms with Gasteiger partial charge >= 0.3 is 0 Å². The zero-order chi connectivity index (χ0) is 15.4. The molecular formula is C16H19N3O2. The minimum atomic E-state index is 0.525. The van der Waals surface area contributed by atoms with Crippen LogP contribution in [0.15, 0.2) is 40.6 Å². The van der Waals surface area contributed by atoms with Crippen LogP contribution in [0.1, 0.15) is 11.1 Å². The van der Waals surface area contributed by atoms with E-state index in [0.29, 0.717) is 22.9 Å². The van der Waals surface area contributed by atoms with Crippen LogP contribution in [0.5, 0.6) is 11.5 Å². The fraction of sp³-hybridized carbons (Fsp3) is 0.250. The molecule has 2 rings (SSSR count). The summed E-state index contributed by atoms with van der Waals surface area (Å²) in [4.78, 5) is 0. The highest BCUT2D eigenvalue weighted by Crippen LogP contribution is 2.40. The Kier molecular flexibility index (Phi) is 4.42. The van der Waals surface area contributed by atoms with Gasteiger partial charge in [0.1, 0.15) is 0 Å². The fourth-order valence-corrected chi connectivity index (χ4v) is 2.08. The van der Waals surface area contributed by atoms with Crippen molar-refractivity contribution in [2.24, 2.45) is 10.2 Å². The lowest BCUT2D eigenvalue weighted by atomic mass is 10.1. The van der Waals surface area contributed by atoms with Crippen LogP contribution in [-0.4, -0.2) is 14.2 Å². The number of hydrogen-bond acceptors (Lipinski definition) is 5. The second-order valence-electron chi connectivity index (χ2n) is 4.71. The molecule has 21 heavy (non-hydrogen) atoms. The highest BCUT2D eigenvalue weighted by Gasteiger charge is 2.11. The molecule has 2 aromatic rings. The summed E-state index contributed by atoms with van der Waals surface area (Å²) in [6.07, 6.45) is 0. The minimum absolute atomic E-state index is 0.525. The van der Waals surface area contributed by atoms with E-state index in [1.165, 1.54) is 0 Å². The first-order chi connectivity index (χ1) is 10.1. The summed E-state index contributed by atoms with van der Waals surface area (Å²) in [6.45, 7) is 4.00. The number of azo groups is 1. The predicted octanol–water partition coefficient (Wildman–Crippen LogP) is 4.32. The Hall–Kier alpha value is -2.56. The van der Waals surface area contributed by atoms with Gasteiger partial charge in [0.15, 0.2) is 17.2 Å². The Labute approximate surface area is 124 Å². The number of ether oxygens (including phenoxy) is 2. The second kappa shape index (κ2) is 6.26. The number of nitrogens with zero attached hydrogens (tertiary/aromatic N) is 2. The minimum Gasteiger partial charge on any atom is -0.494 e. The molecule has 0 aliphatic heterocycles. The molecule has 0 heterocycles. The number of hydrogen-bond donors (Lipinski definition) is 1. The maximum atomic E-state index is 5.80. The fourth-order valence-electron chi connectivity index (χ4n) is 2.08. The van der Waals surface area contributed by atoms with Gasteiger partial charge in [-0.15, -0.1) is 10.2 Å². The van der Waals surface area contributed by atoms with Crippen molar-refractivity contribution >= 4 is 17.1 Å². The van der Waals surface area contributed by atoms with Crippen molar-refractivity contribution in [3.63, 3.8) is 0 Å². The quantitative estimate of drug-likeness (QED) is 0.672.